The van der Waals surface area contributed by atoms with Crippen LogP contribution < -0.4 is 11.4 Å². The van der Waals surface area contributed by atoms with E-state index in [1.165, 1.54) is 10.8 Å². The Morgan fingerprint density at radius 3 is 3.08 bits per heavy atom. The lowest BCUT2D eigenvalue weighted by atomic mass is 10.2. The van der Waals surface area contributed by atoms with E-state index >= 15 is 0 Å². The van der Waals surface area contributed by atoms with E-state index in [4.69, 9.17) is 5.73 Å². The van der Waals surface area contributed by atoms with Crippen LogP contribution in [-0.2, 0) is 6.54 Å². The lowest BCUT2D eigenvalue weighted by Crippen LogP contribution is -2.32. The summed E-state index contributed by atoms with van der Waals surface area (Å²) in [5, 5.41) is 0. The van der Waals surface area contributed by atoms with E-state index < -0.39 is 0 Å². The van der Waals surface area contributed by atoms with Crippen molar-refractivity contribution in [1.82, 2.24) is 9.55 Å². The van der Waals surface area contributed by atoms with Gasteiger partial charge in [0.25, 0.3) is 0 Å². The highest BCUT2D eigenvalue weighted by molar-refractivity contribution is 4.81. The summed E-state index contributed by atoms with van der Waals surface area (Å²) in [5.41, 5.74) is 5.45. The molecule has 0 spiro atoms. The van der Waals surface area contributed by atoms with Gasteiger partial charge in [0.1, 0.15) is 0 Å². The molecule has 4 heteroatoms. The van der Waals surface area contributed by atoms with Crippen LogP contribution in [0.3, 0.4) is 0 Å². The Kier molecular flexibility index (Phi) is 2.99. The van der Waals surface area contributed by atoms with Crippen LogP contribution in [0, 0.1) is 0 Å². The van der Waals surface area contributed by atoms with Gasteiger partial charge in [-0.3, -0.25) is 4.57 Å². The Morgan fingerprint density at radius 1 is 1.75 bits per heavy atom. The second kappa shape index (κ2) is 4.01. The van der Waals surface area contributed by atoms with Crippen LogP contribution in [-0.4, -0.2) is 15.6 Å². The lowest BCUT2D eigenvalue weighted by Gasteiger charge is -2.09. The molecule has 0 aliphatic heterocycles. The van der Waals surface area contributed by atoms with E-state index in [0.717, 1.165) is 6.42 Å². The molecule has 1 atom stereocenters. The Morgan fingerprint density at radius 2 is 2.50 bits per heavy atom. The molecule has 1 rings (SSSR count). The van der Waals surface area contributed by atoms with Gasteiger partial charge in [0.15, 0.2) is 0 Å². The molecule has 0 bridgehead atoms. The summed E-state index contributed by atoms with van der Waals surface area (Å²) in [7, 11) is 0. The van der Waals surface area contributed by atoms with E-state index in [9.17, 15) is 4.79 Å². The van der Waals surface area contributed by atoms with Crippen molar-refractivity contribution in [3.8, 4) is 0 Å². The topological polar surface area (TPSA) is 60.9 Å². The molecule has 0 aliphatic rings. The summed E-state index contributed by atoms with van der Waals surface area (Å²) >= 11 is 0. The third kappa shape index (κ3) is 2.17. The van der Waals surface area contributed by atoms with Gasteiger partial charge in [0.05, 0.1) is 0 Å². The quantitative estimate of drug-likeness (QED) is 0.688. The van der Waals surface area contributed by atoms with E-state index in [0.29, 0.717) is 6.54 Å². The average molecular weight is 167 g/mol. The van der Waals surface area contributed by atoms with Crippen LogP contribution in [0.5, 0.6) is 0 Å². The molecule has 0 aliphatic carbocycles. The lowest BCUT2D eigenvalue weighted by molar-refractivity contribution is 0.519. The van der Waals surface area contributed by atoms with Crippen molar-refractivity contribution in [2.45, 2.75) is 25.9 Å². The minimum absolute atomic E-state index is 0.0342. The molecule has 1 unspecified atom stereocenters. The zero-order valence-corrected chi connectivity index (χ0v) is 7.10. The number of aromatic nitrogens is 2. The summed E-state index contributed by atoms with van der Waals surface area (Å²) in [6.07, 6.45) is 4.04. The van der Waals surface area contributed by atoms with Crippen molar-refractivity contribution in [1.29, 1.82) is 0 Å². The summed E-state index contributed by atoms with van der Waals surface area (Å²) < 4.78 is 1.52. The SMILES string of the molecule is CCC(N)Cn1cccnc1=O. The molecule has 0 saturated heterocycles. The molecule has 0 aromatic carbocycles. The largest absolute Gasteiger partial charge is 0.347 e. The highest BCUT2D eigenvalue weighted by atomic mass is 16.1. The summed E-state index contributed by atoms with van der Waals surface area (Å²) in [5.74, 6) is 0. The van der Waals surface area contributed by atoms with Gasteiger partial charge >= 0.3 is 5.69 Å². The fourth-order valence-corrected chi connectivity index (χ4v) is 0.908. The van der Waals surface area contributed by atoms with Gasteiger partial charge in [0, 0.05) is 25.0 Å². The zero-order chi connectivity index (χ0) is 8.97. The monoisotopic (exact) mass is 167 g/mol. The van der Waals surface area contributed by atoms with Gasteiger partial charge in [-0.05, 0) is 12.5 Å². The van der Waals surface area contributed by atoms with Crippen LogP contribution in [0.25, 0.3) is 0 Å². The van der Waals surface area contributed by atoms with E-state index in [2.05, 4.69) is 4.98 Å². The second-order valence-electron chi connectivity index (χ2n) is 2.72. The first-order valence-corrected chi connectivity index (χ1v) is 4.01. The molecule has 66 valence electrons. The van der Waals surface area contributed by atoms with E-state index in [1.54, 1.807) is 12.3 Å². The van der Waals surface area contributed by atoms with Crippen LogP contribution in [0.1, 0.15) is 13.3 Å². The molecule has 2 N–H and O–H groups in total. The van der Waals surface area contributed by atoms with E-state index in [-0.39, 0.29) is 11.7 Å². The van der Waals surface area contributed by atoms with Crippen molar-refractivity contribution in [3.63, 3.8) is 0 Å². The maximum Gasteiger partial charge on any atom is 0.347 e. The first kappa shape index (κ1) is 8.93. The molecule has 4 nitrogen and oxygen atoms in total. The van der Waals surface area contributed by atoms with Crippen LogP contribution >= 0.6 is 0 Å². The van der Waals surface area contributed by atoms with Crippen molar-refractivity contribution in [3.05, 3.63) is 28.9 Å². The van der Waals surface area contributed by atoms with Crippen molar-refractivity contribution in [2.75, 3.05) is 0 Å². The maximum atomic E-state index is 11.1. The molecule has 1 aromatic heterocycles. The molecule has 12 heavy (non-hydrogen) atoms. The standard InChI is InChI=1S/C8H13N3O/c1-2-7(9)6-11-5-3-4-10-8(11)12/h3-5,7H,2,6,9H2,1H3. The summed E-state index contributed by atoms with van der Waals surface area (Å²) in [4.78, 5) is 14.7. The molecule has 1 aromatic rings. The molecule has 0 amide bonds. The van der Waals surface area contributed by atoms with Crippen molar-refractivity contribution in [2.24, 2.45) is 5.73 Å². The summed E-state index contributed by atoms with van der Waals surface area (Å²) in [6.45, 7) is 2.54. The third-order valence-electron chi connectivity index (χ3n) is 1.74. The highest BCUT2D eigenvalue weighted by Gasteiger charge is 2.00. The van der Waals surface area contributed by atoms with Gasteiger partial charge in [0.2, 0.25) is 0 Å². The maximum absolute atomic E-state index is 11.1. The van der Waals surface area contributed by atoms with Gasteiger partial charge in [-0.2, -0.15) is 0 Å². The number of hydrogen-bond acceptors (Lipinski definition) is 3. The highest BCUT2D eigenvalue weighted by Crippen LogP contribution is 1.89. The second-order valence-corrected chi connectivity index (χ2v) is 2.72. The fraction of sp³-hybridized carbons (Fsp3) is 0.500. The predicted octanol–water partition coefficient (Wildman–Crippen LogP) is -0.0194. The predicted molar refractivity (Wildman–Crippen MR) is 46.8 cm³/mol. The molecular formula is C8H13N3O. The minimum atomic E-state index is -0.235. The van der Waals surface area contributed by atoms with Gasteiger partial charge in [-0.25, -0.2) is 9.78 Å². The Bertz CT molecular complexity index is 294. The zero-order valence-electron chi connectivity index (χ0n) is 7.10. The Labute approximate surface area is 71.0 Å². The number of nitrogens with zero attached hydrogens (tertiary/aromatic N) is 2. The first-order chi connectivity index (χ1) is 5.74. The minimum Gasteiger partial charge on any atom is -0.326 e. The molecule has 0 radical (unpaired) electrons. The summed E-state index contributed by atoms with van der Waals surface area (Å²) in [6, 6.07) is 1.76. The number of rotatable bonds is 3. The van der Waals surface area contributed by atoms with Crippen LogP contribution in [0.4, 0.5) is 0 Å². The fourth-order valence-electron chi connectivity index (χ4n) is 0.908. The average Bonchev–Trinajstić information content (AvgIpc) is 2.09. The number of nitrogens with two attached hydrogens (primary N) is 1. The number of hydrogen-bond donors (Lipinski definition) is 1. The molecular weight excluding hydrogens is 154 g/mol. The molecule has 0 fully saturated rings. The van der Waals surface area contributed by atoms with Crippen molar-refractivity contribution >= 4 is 0 Å². The Balaban J connectivity index is 2.76. The third-order valence-corrected chi connectivity index (χ3v) is 1.74. The van der Waals surface area contributed by atoms with Crippen LogP contribution in [0.2, 0.25) is 0 Å². The van der Waals surface area contributed by atoms with Gasteiger partial charge in [-0.1, -0.05) is 6.92 Å². The smallest absolute Gasteiger partial charge is 0.326 e. The van der Waals surface area contributed by atoms with Gasteiger partial charge < -0.3 is 5.73 Å². The van der Waals surface area contributed by atoms with Crippen LogP contribution in [0.15, 0.2) is 23.3 Å². The van der Waals surface area contributed by atoms with E-state index in [1.807, 2.05) is 6.92 Å². The molecule has 0 saturated carbocycles. The molecule has 1 heterocycles. The van der Waals surface area contributed by atoms with Crippen molar-refractivity contribution < 1.29 is 0 Å². The normalized spacial score (nSPS) is 12.8. The van der Waals surface area contributed by atoms with Gasteiger partial charge in [-0.15, -0.1) is 0 Å². The first-order valence-electron chi connectivity index (χ1n) is 4.01. The Hall–Kier alpha value is -1.16.